The molecule has 0 saturated carbocycles. The molecule has 0 aromatic carbocycles. The van der Waals surface area contributed by atoms with Gasteiger partial charge in [-0.1, -0.05) is 38.3 Å². The summed E-state index contributed by atoms with van der Waals surface area (Å²) in [6, 6.07) is 3.31. The number of rotatable bonds is 6. The molecule has 0 spiro atoms. The molecule has 0 bridgehead atoms. The summed E-state index contributed by atoms with van der Waals surface area (Å²) in [6.45, 7) is 6.91. The lowest BCUT2D eigenvalue weighted by Crippen LogP contribution is -2.29. The monoisotopic (exact) mass is 285 g/mol. The van der Waals surface area contributed by atoms with Gasteiger partial charge in [0.1, 0.15) is 0 Å². The van der Waals surface area contributed by atoms with E-state index in [1.165, 1.54) is 42.5 Å². The van der Waals surface area contributed by atoms with Gasteiger partial charge in [-0.25, -0.2) is 0 Å². The summed E-state index contributed by atoms with van der Waals surface area (Å²) >= 11 is 7.84. The number of fused-ring (bicyclic) bond motifs is 1. The Morgan fingerprint density at radius 1 is 1.39 bits per heavy atom. The van der Waals surface area contributed by atoms with Gasteiger partial charge in [0, 0.05) is 17.0 Å². The van der Waals surface area contributed by atoms with Gasteiger partial charge < -0.3 is 5.32 Å². The third-order valence-electron chi connectivity index (χ3n) is 3.75. The van der Waals surface area contributed by atoms with Crippen LogP contribution in [0.5, 0.6) is 0 Å². The third-order valence-corrected chi connectivity index (χ3v) is 5.09. The molecule has 2 rings (SSSR count). The van der Waals surface area contributed by atoms with Crippen LogP contribution in [0.25, 0.3) is 0 Å². The second-order valence-electron chi connectivity index (χ2n) is 5.91. The molecule has 0 saturated heterocycles. The molecule has 2 atom stereocenters. The molecule has 18 heavy (non-hydrogen) atoms. The molecular formula is C15H24ClNS. The summed E-state index contributed by atoms with van der Waals surface area (Å²) in [7, 11) is 0. The Morgan fingerprint density at radius 3 is 2.89 bits per heavy atom. The van der Waals surface area contributed by atoms with Crippen LogP contribution in [0, 0.1) is 5.92 Å². The van der Waals surface area contributed by atoms with Crippen LogP contribution in [0.15, 0.2) is 6.07 Å². The zero-order valence-corrected chi connectivity index (χ0v) is 13.2. The fourth-order valence-corrected chi connectivity index (χ4v) is 4.12. The molecule has 102 valence electrons. The van der Waals surface area contributed by atoms with Crippen molar-refractivity contribution in [1.82, 2.24) is 5.32 Å². The molecule has 0 amide bonds. The molecular weight excluding hydrogens is 262 g/mol. The van der Waals surface area contributed by atoms with E-state index < -0.39 is 0 Å². The highest BCUT2D eigenvalue weighted by atomic mass is 35.5. The normalized spacial score (nSPS) is 20.4. The summed E-state index contributed by atoms with van der Waals surface area (Å²) in [4.78, 5) is 1.49. The van der Waals surface area contributed by atoms with Crippen LogP contribution in [0.4, 0.5) is 0 Å². The lowest BCUT2D eigenvalue weighted by Gasteiger charge is -2.20. The van der Waals surface area contributed by atoms with Crippen molar-refractivity contribution in [1.29, 1.82) is 0 Å². The number of aryl methyl sites for hydroxylation is 1. The fraction of sp³-hybridized carbons (Fsp3) is 0.733. The molecule has 1 aliphatic rings. The SMILES string of the molecule is CC(C)CCCC(C)NC1CCc2sc(Cl)cc21. The van der Waals surface area contributed by atoms with E-state index in [0.29, 0.717) is 12.1 Å². The van der Waals surface area contributed by atoms with Gasteiger partial charge in [-0.2, -0.15) is 0 Å². The number of thiophene rings is 1. The van der Waals surface area contributed by atoms with Crippen molar-refractivity contribution in [2.24, 2.45) is 5.92 Å². The highest BCUT2D eigenvalue weighted by Crippen LogP contribution is 2.39. The molecule has 1 aromatic heterocycles. The van der Waals surface area contributed by atoms with Gasteiger partial charge in [-0.3, -0.25) is 0 Å². The van der Waals surface area contributed by atoms with E-state index in [2.05, 4.69) is 32.2 Å². The van der Waals surface area contributed by atoms with Crippen molar-refractivity contribution < 1.29 is 0 Å². The lowest BCUT2D eigenvalue weighted by molar-refractivity contribution is 0.409. The first kappa shape index (κ1) is 14.4. The average molecular weight is 286 g/mol. The van der Waals surface area contributed by atoms with Crippen LogP contribution in [-0.4, -0.2) is 6.04 Å². The van der Waals surface area contributed by atoms with E-state index in [0.717, 1.165) is 10.3 Å². The predicted molar refractivity (Wildman–Crippen MR) is 81.7 cm³/mol. The topological polar surface area (TPSA) is 12.0 Å². The maximum atomic E-state index is 6.09. The van der Waals surface area contributed by atoms with E-state index in [1.54, 1.807) is 11.3 Å². The predicted octanol–water partition coefficient (Wildman–Crippen LogP) is 5.19. The van der Waals surface area contributed by atoms with Gasteiger partial charge >= 0.3 is 0 Å². The van der Waals surface area contributed by atoms with Crippen molar-refractivity contribution in [2.45, 2.75) is 65.0 Å². The number of hydrogen-bond donors (Lipinski definition) is 1. The Bertz CT molecular complexity index is 386. The Labute approximate surface area is 120 Å². The van der Waals surface area contributed by atoms with E-state index >= 15 is 0 Å². The van der Waals surface area contributed by atoms with Crippen LogP contribution >= 0.6 is 22.9 Å². The highest BCUT2D eigenvalue weighted by Gasteiger charge is 2.25. The molecule has 0 aliphatic heterocycles. The van der Waals surface area contributed by atoms with Crippen molar-refractivity contribution in [3.63, 3.8) is 0 Å². The van der Waals surface area contributed by atoms with E-state index in [4.69, 9.17) is 11.6 Å². The first-order chi connectivity index (χ1) is 8.56. The largest absolute Gasteiger partial charge is 0.307 e. The molecule has 3 heteroatoms. The quantitative estimate of drug-likeness (QED) is 0.758. The summed E-state index contributed by atoms with van der Waals surface area (Å²) < 4.78 is 0.943. The maximum absolute atomic E-state index is 6.09. The summed E-state index contributed by atoms with van der Waals surface area (Å²) in [5, 5.41) is 3.77. The third kappa shape index (κ3) is 3.72. The molecule has 1 nitrogen and oxygen atoms in total. The average Bonchev–Trinajstić information content (AvgIpc) is 2.79. The zero-order valence-electron chi connectivity index (χ0n) is 11.6. The van der Waals surface area contributed by atoms with E-state index in [-0.39, 0.29) is 0 Å². The summed E-state index contributed by atoms with van der Waals surface area (Å²) in [6.07, 6.45) is 6.39. The molecule has 2 unspecified atom stereocenters. The Balaban J connectivity index is 1.80. The molecule has 0 fully saturated rings. The number of halogens is 1. The minimum Gasteiger partial charge on any atom is -0.307 e. The molecule has 1 aliphatic carbocycles. The van der Waals surface area contributed by atoms with Crippen LogP contribution < -0.4 is 5.32 Å². The van der Waals surface area contributed by atoms with Gasteiger partial charge in [0.2, 0.25) is 0 Å². The number of hydrogen-bond acceptors (Lipinski definition) is 2. The van der Waals surface area contributed by atoms with E-state index in [1.807, 2.05) is 0 Å². The second kappa shape index (κ2) is 6.40. The molecule has 1 N–H and O–H groups in total. The second-order valence-corrected chi connectivity index (χ2v) is 7.68. The Morgan fingerprint density at radius 2 is 2.17 bits per heavy atom. The smallest absolute Gasteiger partial charge is 0.0934 e. The summed E-state index contributed by atoms with van der Waals surface area (Å²) in [5.41, 5.74) is 1.46. The Kier molecular flexibility index (Phi) is 5.11. The van der Waals surface area contributed by atoms with E-state index in [9.17, 15) is 0 Å². The van der Waals surface area contributed by atoms with Gasteiger partial charge in [0.05, 0.1) is 4.34 Å². The van der Waals surface area contributed by atoms with Crippen LogP contribution in [0.2, 0.25) is 4.34 Å². The van der Waals surface area contributed by atoms with Crippen molar-refractivity contribution in [2.75, 3.05) is 0 Å². The maximum Gasteiger partial charge on any atom is 0.0934 e. The fourth-order valence-electron chi connectivity index (χ4n) is 2.76. The first-order valence-corrected chi connectivity index (χ1v) is 8.30. The van der Waals surface area contributed by atoms with Gasteiger partial charge in [0.15, 0.2) is 0 Å². The van der Waals surface area contributed by atoms with Crippen LogP contribution in [0.3, 0.4) is 0 Å². The van der Waals surface area contributed by atoms with Gasteiger partial charge in [0.25, 0.3) is 0 Å². The van der Waals surface area contributed by atoms with Crippen LogP contribution in [-0.2, 0) is 6.42 Å². The highest BCUT2D eigenvalue weighted by molar-refractivity contribution is 7.16. The number of nitrogens with one attached hydrogen (secondary N) is 1. The zero-order chi connectivity index (χ0) is 13.1. The van der Waals surface area contributed by atoms with Crippen molar-refractivity contribution in [3.05, 3.63) is 20.8 Å². The van der Waals surface area contributed by atoms with Gasteiger partial charge in [-0.05, 0) is 43.7 Å². The van der Waals surface area contributed by atoms with Crippen LogP contribution in [0.1, 0.15) is 62.9 Å². The Hall–Kier alpha value is -0.0500. The minimum atomic E-state index is 0.540. The minimum absolute atomic E-state index is 0.540. The van der Waals surface area contributed by atoms with Crippen molar-refractivity contribution >= 4 is 22.9 Å². The molecule has 0 radical (unpaired) electrons. The first-order valence-electron chi connectivity index (χ1n) is 7.10. The lowest BCUT2D eigenvalue weighted by atomic mass is 10.0. The summed E-state index contributed by atoms with van der Waals surface area (Å²) in [5.74, 6) is 0.825. The van der Waals surface area contributed by atoms with Gasteiger partial charge in [-0.15, -0.1) is 11.3 Å². The standard InChI is InChI=1S/C15H24ClNS/c1-10(2)5-4-6-11(3)17-13-7-8-14-12(13)9-15(16)18-14/h9-11,13,17H,4-8H2,1-3H3. The van der Waals surface area contributed by atoms with Crippen molar-refractivity contribution in [3.8, 4) is 0 Å². The molecule has 1 heterocycles. The molecule has 1 aromatic rings.